The third-order valence-electron chi connectivity index (χ3n) is 7.54. The van der Waals surface area contributed by atoms with Crippen molar-refractivity contribution in [2.45, 2.75) is 96.9 Å². The molecule has 1 fully saturated rings. The summed E-state index contributed by atoms with van der Waals surface area (Å²) in [4.78, 5) is 50.2. The minimum Gasteiger partial charge on any atom is -0.473 e. The monoisotopic (exact) mass is 729 g/mol. The van der Waals surface area contributed by atoms with Crippen molar-refractivity contribution >= 4 is 24.3 Å². The van der Waals surface area contributed by atoms with E-state index in [9.17, 15) is 19.2 Å². The molecule has 0 aromatic rings. The maximum absolute atomic E-state index is 12.8. The van der Waals surface area contributed by atoms with Gasteiger partial charge in [-0.1, -0.05) is 45.3 Å². The number of likely N-dealkylation sites (tertiary alicyclic amines) is 1. The third-order valence-corrected chi connectivity index (χ3v) is 7.54. The van der Waals surface area contributed by atoms with Crippen molar-refractivity contribution in [1.29, 1.82) is 0 Å². The zero-order valence-corrected chi connectivity index (χ0v) is 30.9. The lowest BCUT2D eigenvalue weighted by Gasteiger charge is -2.35. The molecule has 0 spiro atoms. The number of ether oxygens (including phenoxy) is 7. The van der Waals surface area contributed by atoms with Gasteiger partial charge in [-0.2, -0.15) is 0 Å². The fourth-order valence-corrected chi connectivity index (χ4v) is 4.81. The van der Waals surface area contributed by atoms with E-state index in [4.69, 9.17) is 33.2 Å². The average Bonchev–Trinajstić information content (AvgIpc) is 3.10. The van der Waals surface area contributed by atoms with Crippen LogP contribution in [0, 0.1) is 0 Å². The molecule has 1 aliphatic rings. The Kier molecular flexibility index (Phi) is 27.3. The largest absolute Gasteiger partial charge is 0.473 e. The molecule has 0 aromatic carbocycles. The number of amides is 5. The Labute approximate surface area is 303 Å². The number of piperidine rings is 1. The van der Waals surface area contributed by atoms with Crippen molar-refractivity contribution in [2.24, 2.45) is 0 Å². The maximum atomic E-state index is 12.8. The Bertz CT molecular complexity index is 1000. The molecule has 16 nitrogen and oxygen atoms in total. The number of carbonyl (C=O) groups excluding carboxylic acids is 4. The van der Waals surface area contributed by atoms with Crippen molar-refractivity contribution in [3.63, 3.8) is 0 Å². The molecule has 1 atom stereocenters. The van der Waals surface area contributed by atoms with Crippen LogP contribution >= 0.6 is 0 Å². The van der Waals surface area contributed by atoms with Gasteiger partial charge in [-0.05, 0) is 58.8 Å². The average molecular weight is 730 g/mol. The lowest BCUT2D eigenvalue weighted by atomic mass is 10.0. The van der Waals surface area contributed by atoms with Gasteiger partial charge in [-0.25, -0.2) is 19.2 Å². The van der Waals surface area contributed by atoms with Crippen LogP contribution in [0.25, 0.3) is 0 Å². The first-order chi connectivity index (χ1) is 24.7. The Morgan fingerprint density at radius 1 is 0.569 bits per heavy atom. The predicted octanol–water partition coefficient (Wildman–Crippen LogP) is 5.29. The molecule has 0 radical (unpaired) electrons. The number of nitrogens with zero attached hydrogens (tertiary/aromatic N) is 1. The van der Waals surface area contributed by atoms with Crippen LogP contribution in [-0.4, -0.2) is 115 Å². The molecule has 16 heteroatoms. The topological polar surface area (TPSA) is 184 Å². The molecule has 0 bridgehead atoms. The maximum Gasteiger partial charge on any atom is 0.407 e. The number of unbranched alkanes of at least 4 members (excludes halogenated alkanes) is 7. The van der Waals surface area contributed by atoms with Crippen LogP contribution in [0.5, 0.6) is 0 Å². The van der Waals surface area contributed by atoms with Crippen molar-refractivity contribution in [1.82, 2.24) is 26.2 Å². The zero-order chi connectivity index (χ0) is 37.4. The third kappa shape index (κ3) is 27.5. The van der Waals surface area contributed by atoms with E-state index in [1.54, 1.807) is 18.7 Å². The minimum absolute atomic E-state index is 0.0758. The molecule has 51 heavy (non-hydrogen) atoms. The van der Waals surface area contributed by atoms with Crippen LogP contribution in [0.15, 0.2) is 24.7 Å². The van der Waals surface area contributed by atoms with Crippen LogP contribution in [-0.2, 0) is 33.2 Å². The van der Waals surface area contributed by atoms with Gasteiger partial charge in [0.2, 0.25) is 0 Å². The van der Waals surface area contributed by atoms with Crippen LogP contribution in [0.4, 0.5) is 19.2 Å². The van der Waals surface area contributed by atoms with E-state index in [-0.39, 0.29) is 58.7 Å². The highest BCUT2D eigenvalue weighted by molar-refractivity contribution is 5.74. The highest BCUT2D eigenvalue weighted by Crippen LogP contribution is 2.17. The van der Waals surface area contributed by atoms with Gasteiger partial charge in [0.25, 0.3) is 0 Å². The highest BCUT2D eigenvalue weighted by Gasteiger charge is 2.27. The van der Waals surface area contributed by atoms with Gasteiger partial charge in [-0.15, -0.1) is 0 Å². The SMILES string of the molecule is C=C(C)OCOCCOC(=O)NCCCCCCCNC(=O)OCC1CCCCN1C(=O)NCCCCCCNC(=O)OCCOCOC(=C)C. The van der Waals surface area contributed by atoms with Gasteiger partial charge in [0.1, 0.15) is 19.8 Å². The van der Waals surface area contributed by atoms with E-state index >= 15 is 0 Å². The van der Waals surface area contributed by atoms with Crippen LogP contribution in [0.3, 0.4) is 0 Å². The van der Waals surface area contributed by atoms with Crippen LogP contribution in [0.1, 0.15) is 90.9 Å². The number of hydrogen-bond acceptors (Lipinski definition) is 11. The molecular formula is C35H63N5O11. The first-order valence-electron chi connectivity index (χ1n) is 18.2. The summed E-state index contributed by atoms with van der Waals surface area (Å²) in [6, 6.07) is -0.280. The molecule has 5 amide bonds. The van der Waals surface area contributed by atoms with Gasteiger partial charge in [0.15, 0.2) is 13.6 Å². The number of allylic oxidation sites excluding steroid dienone is 2. The second-order valence-corrected chi connectivity index (χ2v) is 12.2. The van der Waals surface area contributed by atoms with Crippen LogP contribution in [0.2, 0.25) is 0 Å². The van der Waals surface area contributed by atoms with E-state index in [0.29, 0.717) is 44.2 Å². The zero-order valence-electron chi connectivity index (χ0n) is 30.9. The molecule has 1 unspecified atom stereocenters. The van der Waals surface area contributed by atoms with Gasteiger partial charge < -0.3 is 59.3 Å². The lowest BCUT2D eigenvalue weighted by molar-refractivity contribution is -0.0357. The summed E-state index contributed by atoms with van der Waals surface area (Å²) < 4.78 is 35.9. The molecule has 1 saturated heterocycles. The summed E-state index contributed by atoms with van der Waals surface area (Å²) in [5.74, 6) is 1.12. The molecule has 294 valence electrons. The lowest BCUT2D eigenvalue weighted by Crippen LogP contribution is -2.51. The number of nitrogens with one attached hydrogen (secondary N) is 4. The Morgan fingerprint density at radius 2 is 1.00 bits per heavy atom. The van der Waals surface area contributed by atoms with Gasteiger partial charge >= 0.3 is 24.3 Å². The number of hydrogen-bond donors (Lipinski definition) is 4. The van der Waals surface area contributed by atoms with E-state index < -0.39 is 18.3 Å². The number of rotatable bonds is 29. The van der Waals surface area contributed by atoms with Crippen molar-refractivity contribution in [3.05, 3.63) is 24.7 Å². The van der Waals surface area contributed by atoms with E-state index in [0.717, 1.165) is 77.0 Å². The van der Waals surface area contributed by atoms with Crippen molar-refractivity contribution in [2.75, 3.05) is 79.3 Å². The molecule has 1 heterocycles. The first kappa shape index (κ1) is 45.1. The quantitative estimate of drug-likeness (QED) is 0.0340. The van der Waals surface area contributed by atoms with E-state index in [2.05, 4.69) is 34.4 Å². The Balaban J connectivity index is 2.01. The predicted molar refractivity (Wildman–Crippen MR) is 191 cm³/mol. The Hall–Kier alpha value is -3.92. The first-order valence-corrected chi connectivity index (χ1v) is 18.2. The fourth-order valence-electron chi connectivity index (χ4n) is 4.81. The van der Waals surface area contributed by atoms with Gasteiger partial charge in [0.05, 0.1) is 30.8 Å². The highest BCUT2D eigenvalue weighted by atomic mass is 16.7. The summed E-state index contributed by atoms with van der Waals surface area (Å²) in [5, 5.41) is 11.2. The minimum atomic E-state index is -0.482. The van der Waals surface area contributed by atoms with E-state index in [1.165, 1.54) is 0 Å². The molecule has 0 saturated carbocycles. The van der Waals surface area contributed by atoms with Crippen LogP contribution < -0.4 is 21.3 Å². The summed E-state index contributed by atoms with van der Waals surface area (Å²) in [7, 11) is 0. The second-order valence-electron chi connectivity index (χ2n) is 12.2. The molecule has 0 aromatic heterocycles. The number of urea groups is 1. The molecule has 4 N–H and O–H groups in total. The summed E-state index contributed by atoms with van der Waals surface area (Å²) in [6.45, 7) is 14.5. The second kappa shape index (κ2) is 30.9. The van der Waals surface area contributed by atoms with Gasteiger partial charge in [0, 0.05) is 32.7 Å². The Morgan fingerprint density at radius 3 is 1.47 bits per heavy atom. The molecule has 1 aliphatic heterocycles. The molecule has 0 aliphatic carbocycles. The fraction of sp³-hybridized carbons (Fsp3) is 0.771. The smallest absolute Gasteiger partial charge is 0.407 e. The standard InChI is InChI=1S/C35H63N5O11/c1-29(2)50-27-45-22-24-47-33(42)37-18-12-6-5-7-13-20-39-35(44)49-26-31-16-10-15-21-40(31)32(41)36-17-11-8-9-14-19-38-34(43)48-25-23-46-28-51-30(3)4/h31H,1,3,5-28H2,2,4H3,(H,36,41)(H,37,42)(H,38,43)(H,39,44). The molecular weight excluding hydrogens is 666 g/mol. The number of alkyl carbamates (subject to hydrolysis) is 3. The van der Waals surface area contributed by atoms with Crippen molar-refractivity contribution < 1.29 is 52.3 Å². The number of carbonyl (C=O) groups is 4. The van der Waals surface area contributed by atoms with Crippen molar-refractivity contribution in [3.8, 4) is 0 Å². The molecule has 1 rings (SSSR count). The van der Waals surface area contributed by atoms with Gasteiger partial charge in [-0.3, -0.25) is 0 Å². The summed E-state index contributed by atoms with van der Waals surface area (Å²) >= 11 is 0. The van der Waals surface area contributed by atoms with E-state index in [1.807, 2.05) is 0 Å². The summed E-state index contributed by atoms with van der Waals surface area (Å²) in [6.07, 6.45) is 9.26. The summed E-state index contributed by atoms with van der Waals surface area (Å²) in [5.41, 5.74) is 0. The normalized spacial score (nSPS) is 13.8.